The van der Waals surface area contributed by atoms with Crippen molar-refractivity contribution in [2.45, 2.75) is 22.0 Å². The van der Waals surface area contributed by atoms with Gasteiger partial charge in [-0.05, 0) is 43.3 Å². The quantitative estimate of drug-likeness (QED) is 0.724. The van der Waals surface area contributed by atoms with Gasteiger partial charge in [-0.15, -0.1) is 0 Å². The summed E-state index contributed by atoms with van der Waals surface area (Å²) in [5.41, 5.74) is 0. The standard InChI is InChI=1S/C17H18ClNO5S2/c1-2-24-16-5-3-4-6-17(16)26(22,23)19-11-15(12-19)25(20,21)14-9-7-13(18)8-10-14/h3-10,15H,2,11-12H2,1H3. The maximum Gasteiger partial charge on any atom is 0.246 e. The molecule has 0 aliphatic carbocycles. The first kappa shape index (κ1) is 19.2. The van der Waals surface area contributed by atoms with Gasteiger partial charge in [-0.3, -0.25) is 0 Å². The Morgan fingerprint density at radius 3 is 2.27 bits per heavy atom. The Morgan fingerprint density at radius 2 is 1.65 bits per heavy atom. The number of para-hydroxylation sites is 1. The number of sulfonamides is 1. The van der Waals surface area contributed by atoms with E-state index in [2.05, 4.69) is 0 Å². The number of sulfone groups is 1. The summed E-state index contributed by atoms with van der Waals surface area (Å²) in [6, 6.07) is 12.2. The van der Waals surface area contributed by atoms with E-state index in [1.54, 1.807) is 25.1 Å². The SMILES string of the molecule is CCOc1ccccc1S(=O)(=O)N1CC(S(=O)(=O)c2ccc(Cl)cc2)C1. The van der Waals surface area contributed by atoms with Crippen LogP contribution in [0.15, 0.2) is 58.3 Å². The lowest BCUT2D eigenvalue weighted by Crippen LogP contribution is -2.56. The van der Waals surface area contributed by atoms with Gasteiger partial charge in [0, 0.05) is 18.1 Å². The van der Waals surface area contributed by atoms with E-state index in [-0.39, 0.29) is 28.6 Å². The number of ether oxygens (including phenoxy) is 1. The molecule has 0 N–H and O–H groups in total. The number of benzene rings is 2. The van der Waals surface area contributed by atoms with Crippen LogP contribution in [0.4, 0.5) is 0 Å². The number of hydrogen-bond donors (Lipinski definition) is 0. The van der Waals surface area contributed by atoms with Gasteiger partial charge in [-0.25, -0.2) is 16.8 Å². The molecule has 0 atom stereocenters. The second kappa shape index (κ2) is 7.19. The first-order chi connectivity index (χ1) is 12.3. The second-order valence-corrected chi connectivity index (χ2v) is 10.4. The summed E-state index contributed by atoms with van der Waals surface area (Å²) in [4.78, 5) is 0.183. The zero-order chi connectivity index (χ0) is 18.9. The van der Waals surface area contributed by atoms with E-state index < -0.39 is 25.1 Å². The van der Waals surface area contributed by atoms with Crippen molar-refractivity contribution in [2.75, 3.05) is 19.7 Å². The summed E-state index contributed by atoms with van der Waals surface area (Å²) in [5, 5.41) is -0.341. The minimum absolute atomic E-state index is 0.0455. The summed E-state index contributed by atoms with van der Waals surface area (Å²) >= 11 is 5.79. The van der Waals surface area contributed by atoms with Crippen LogP contribution in [0.2, 0.25) is 5.02 Å². The molecule has 1 fully saturated rings. The fourth-order valence-electron chi connectivity index (χ4n) is 2.69. The molecular formula is C17H18ClNO5S2. The van der Waals surface area contributed by atoms with Crippen LogP contribution in [-0.4, -0.2) is 46.1 Å². The Morgan fingerprint density at radius 1 is 1.04 bits per heavy atom. The highest BCUT2D eigenvalue weighted by atomic mass is 35.5. The molecule has 2 aromatic carbocycles. The van der Waals surface area contributed by atoms with Crippen molar-refractivity contribution in [3.8, 4) is 5.75 Å². The number of nitrogens with zero attached hydrogens (tertiary/aromatic N) is 1. The normalized spacial score (nSPS) is 16.2. The Hall–Kier alpha value is -1.61. The largest absolute Gasteiger partial charge is 0.492 e. The van der Waals surface area contributed by atoms with Crippen LogP contribution >= 0.6 is 11.6 Å². The summed E-state index contributed by atoms with van der Waals surface area (Å²) < 4.78 is 57.4. The number of halogens is 1. The Labute approximate surface area is 158 Å². The van der Waals surface area contributed by atoms with Crippen molar-refractivity contribution >= 4 is 31.5 Å². The van der Waals surface area contributed by atoms with Crippen LogP contribution in [-0.2, 0) is 19.9 Å². The first-order valence-corrected chi connectivity index (χ1v) is 11.3. The van der Waals surface area contributed by atoms with Crippen LogP contribution in [0.5, 0.6) is 5.75 Å². The predicted molar refractivity (Wildman–Crippen MR) is 98.8 cm³/mol. The fourth-order valence-corrected chi connectivity index (χ4v) is 6.32. The minimum atomic E-state index is -3.81. The number of hydrogen-bond acceptors (Lipinski definition) is 5. The average Bonchev–Trinajstić information content (AvgIpc) is 2.54. The molecule has 0 amide bonds. The van der Waals surface area contributed by atoms with Gasteiger partial charge < -0.3 is 4.74 Å². The molecule has 1 heterocycles. The lowest BCUT2D eigenvalue weighted by Gasteiger charge is -2.37. The van der Waals surface area contributed by atoms with Gasteiger partial charge in [0.25, 0.3) is 0 Å². The van der Waals surface area contributed by atoms with E-state index >= 15 is 0 Å². The van der Waals surface area contributed by atoms with Gasteiger partial charge >= 0.3 is 0 Å². The predicted octanol–water partition coefficient (Wildman–Crippen LogP) is 2.59. The highest BCUT2D eigenvalue weighted by Gasteiger charge is 2.44. The summed E-state index contributed by atoms with van der Waals surface area (Å²) in [6.45, 7) is 1.92. The van der Waals surface area contributed by atoms with Gasteiger partial charge in [-0.2, -0.15) is 4.31 Å². The first-order valence-electron chi connectivity index (χ1n) is 7.98. The van der Waals surface area contributed by atoms with Crippen molar-refractivity contribution in [1.82, 2.24) is 4.31 Å². The van der Waals surface area contributed by atoms with E-state index in [0.717, 1.165) is 4.31 Å². The summed E-state index contributed by atoms with van der Waals surface area (Å²) in [5.74, 6) is 0.263. The molecule has 1 saturated heterocycles. The number of rotatable bonds is 6. The van der Waals surface area contributed by atoms with Gasteiger partial charge in [0.1, 0.15) is 10.6 Å². The molecule has 0 saturated carbocycles. The van der Waals surface area contributed by atoms with E-state index in [9.17, 15) is 16.8 Å². The summed E-state index contributed by atoms with van der Waals surface area (Å²) in [7, 11) is -7.43. The lowest BCUT2D eigenvalue weighted by molar-refractivity contribution is 0.302. The van der Waals surface area contributed by atoms with E-state index in [1.165, 1.54) is 30.3 Å². The van der Waals surface area contributed by atoms with Crippen LogP contribution in [0.25, 0.3) is 0 Å². The smallest absolute Gasteiger partial charge is 0.246 e. The second-order valence-electron chi connectivity index (χ2n) is 5.82. The average molecular weight is 416 g/mol. The van der Waals surface area contributed by atoms with Crippen LogP contribution in [0, 0.1) is 0 Å². The molecule has 0 spiro atoms. The third-order valence-corrected chi connectivity index (χ3v) is 8.39. The van der Waals surface area contributed by atoms with Crippen LogP contribution < -0.4 is 4.74 Å². The van der Waals surface area contributed by atoms with Crippen LogP contribution in [0.1, 0.15) is 6.92 Å². The molecule has 0 aromatic heterocycles. The molecule has 0 radical (unpaired) electrons. The molecule has 140 valence electrons. The van der Waals surface area contributed by atoms with Crippen molar-refractivity contribution in [3.63, 3.8) is 0 Å². The van der Waals surface area contributed by atoms with Crippen LogP contribution in [0.3, 0.4) is 0 Å². The fraction of sp³-hybridized carbons (Fsp3) is 0.294. The van der Waals surface area contributed by atoms with Gasteiger partial charge in [-0.1, -0.05) is 23.7 Å². The van der Waals surface area contributed by atoms with Gasteiger partial charge in [0.05, 0.1) is 16.8 Å². The molecule has 1 aliphatic rings. The van der Waals surface area contributed by atoms with Gasteiger partial charge in [0.15, 0.2) is 9.84 Å². The van der Waals surface area contributed by atoms with Crippen molar-refractivity contribution in [1.29, 1.82) is 0 Å². The topological polar surface area (TPSA) is 80.8 Å². The molecule has 0 unspecified atom stereocenters. The zero-order valence-electron chi connectivity index (χ0n) is 14.0. The molecule has 0 bridgehead atoms. The van der Waals surface area contributed by atoms with E-state index in [0.29, 0.717) is 11.6 Å². The Balaban J connectivity index is 1.80. The zero-order valence-corrected chi connectivity index (χ0v) is 16.4. The molecule has 2 aromatic rings. The molecule has 6 nitrogen and oxygen atoms in total. The minimum Gasteiger partial charge on any atom is -0.492 e. The van der Waals surface area contributed by atoms with Crippen molar-refractivity contribution in [2.24, 2.45) is 0 Å². The maximum atomic E-state index is 12.8. The van der Waals surface area contributed by atoms with E-state index in [4.69, 9.17) is 16.3 Å². The molecule has 3 rings (SSSR count). The molecular weight excluding hydrogens is 398 g/mol. The Kier molecular flexibility index (Phi) is 5.30. The highest BCUT2D eigenvalue weighted by molar-refractivity contribution is 7.92. The lowest BCUT2D eigenvalue weighted by atomic mass is 10.3. The monoisotopic (exact) mass is 415 g/mol. The third-order valence-electron chi connectivity index (χ3n) is 4.16. The highest BCUT2D eigenvalue weighted by Crippen LogP contribution is 2.32. The van der Waals surface area contributed by atoms with Gasteiger partial charge in [0.2, 0.25) is 10.0 Å². The molecule has 26 heavy (non-hydrogen) atoms. The van der Waals surface area contributed by atoms with Crippen molar-refractivity contribution < 1.29 is 21.6 Å². The summed E-state index contributed by atoms with van der Waals surface area (Å²) in [6.07, 6.45) is 0. The molecule has 9 heteroatoms. The van der Waals surface area contributed by atoms with E-state index in [1.807, 2.05) is 0 Å². The Bertz CT molecular complexity index is 998. The van der Waals surface area contributed by atoms with Crippen molar-refractivity contribution in [3.05, 3.63) is 53.6 Å². The third kappa shape index (κ3) is 3.46. The molecule has 1 aliphatic heterocycles. The maximum absolute atomic E-state index is 12.8.